The van der Waals surface area contributed by atoms with E-state index in [4.69, 9.17) is 11.5 Å². The Labute approximate surface area is 172 Å². The molecule has 0 radical (unpaired) electrons. The molecule has 5 N–H and O–H groups in total. The Kier molecular flexibility index (Phi) is 5.51. The van der Waals surface area contributed by atoms with Gasteiger partial charge in [-0.05, 0) is 99.2 Å². The zero-order valence-corrected chi connectivity index (χ0v) is 18.6. The lowest BCUT2D eigenvalue weighted by Crippen LogP contribution is -2.66. The van der Waals surface area contributed by atoms with E-state index in [0.717, 1.165) is 38.0 Å². The van der Waals surface area contributed by atoms with Crippen molar-refractivity contribution < 1.29 is 5.11 Å². The van der Waals surface area contributed by atoms with Crippen molar-refractivity contribution in [2.45, 2.75) is 116 Å². The van der Waals surface area contributed by atoms with Crippen molar-refractivity contribution >= 4 is 0 Å². The zero-order chi connectivity index (χ0) is 20.2. The third-order valence-electron chi connectivity index (χ3n) is 10.1. The van der Waals surface area contributed by atoms with Crippen LogP contribution in [-0.4, -0.2) is 22.8 Å². The molecule has 8 unspecified atom stereocenters. The van der Waals surface area contributed by atoms with E-state index in [2.05, 4.69) is 26.8 Å². The molecular weight excluding hydrogens is 344 g/mol. The number of hydrogen-bond donors (Lipinski definition) is 3. The molecule has 0 saturated heterocycles. The van der Waals surface area contributed by atoms with Gasteiger partial charge in [0.1, 0.15) is 0 Å². The zero-order valence-electron chi connectivity index (χ0n) is 18.6. The first-order valence-corrected chi connectivity index (χ1v) is 12.2. The van der Waals surface area contributed by atoms with Crippen LogP contribution in [0.1, 0.15) is 97.8 Å². The van der Waals surface area contributed by atoms with Crippen LogP contribution in [0.15, 0.2) is 11.6 Å². The highest BCUT2D eigenvalue weighted by Crippen LogP contribution is 2.67. The molecule has 4 aliphatic carbocycles. The van der Waals surface area contributed by atoms with E-state index in [-0.39, 0.29) is 17.1 Å². The first-order chi connectivity index (χ1) is 13.2. The van der Waals surface area contributed by atoms with Crippen molar-refractivity contribution in [1.29, 1.82) is 0 Å². The van der Waals surface area contributed by atoms with Crippen LogP contribution in [0.25, 0.3) is 0 Å². The van der Waals surface area contributed by atoms with Crippen LogP contribution < -0.4 is 11.5 Å². The number of aliphatic hydroxyl groups is 1. The standard InChI is InChI=1S/C25H44N2O/c1-4-20(28)7-5-6-17-8-9-21-23(17,2)14-12-22-24(3)13-11-19(26)16-18(24)10-15-25(21,22)27/h10,17,19-22,28H,4-9,11-16,26-27H2,1-3H3. The topological polar surface area (TPSA) is 72.3 Å². The third kappa shape index (κ3) is 3.11. The van der Waals surface area contributed by atoms with Gasteiger partial charge in [-0.25, -0.2) is 0 Å². The normalized spacial score (nSPS) is 49.0. The minimum Gasteiger partial charge on any atom is -0.393 e. The lowest BCUT2D eigenvalue weighted by atomic mass is 9.44. The summed E-state index contributed by atoms with van der Waals surface area (Å²) in [6, 6.07) is 0.354. The highest BCUT2D eigenvalue weighted by atomic mass is 16.3. The summed E-state index contributed by atoms with van der Waals surface area (Å²) in [5.41, 5.74) is 16.0. The lowest BCUT2D eigenvalue weighted by molar-refractivity contribution is -0.0623. The van der Waals surface area contributed by atoms with Crippen LogP contribution >= 0.6 is 0 Å². The Morgan fingerprint density at radius 1 is 1.14 bits per heavy atom. The summed E-state index contributed by atoms with van der Waals surface area (Å²) < 4.78 is 0. The first-order valence-electron chi connectivity index (χ1n) is 12.2. The fourth-order valence-electron chi connectivity index (χ4n) is 8.29. The molecular formula is C25H44N2O. The third-order valence-corrected chi connectivity index (χ3v) is 10.1. The molecule has 0 heterocycles. The molecule has 3 saturated carbocycles. The summed E-state index contributed by atoms with van der Waals surface area (Å²) in [5.74, 6) is 2.08. The van der Waals surface area contributed by atoms with Crippen LogP contribution in [0, 0.1) is 28.6 Å². The van der Waals surface area contributed by atoms with Gasteiger partial charge >= 0.3 is 0 Å². The molecule has 4 rings (SSSR count). The van der Waals surface area contributed by atoms with Crippen LogP contribution in [0.4, 0.5) is 0 Å². The van der Waals surface area contributed by atoms with Gasteiger partial charge in [-0.2, -0.15) is 0 Å². The summed E-state index contributed by atoms with van der Waals surface area (Å²) in [6.45, 7) is 7.16. The Bertz CT molecular complexity index is 618. The SMILES string of the molecule is CCC(O)CCCC1CCC2C1(C)CCC1C3(C)CCC(N)CC3=CCC12N. The van der Waals surface area contributed by atoms with Gasteiger partial charge in [0.25, 0.3) is 0 Å². The van der Waals surface area contributed by atoms with Crippen LogP contribution in [0.5, 0.6) is 0 Å². The molecule has 0 aromatic rings. The Hall–Kier alpha value is -0.380. The molecule has 4 aliphatic rings. The van der Waals surface area contributed by atoms with Crippen LogP contribution in [-0.2, 0) is 0 Å². The maximum Gasteiger partial charge on any atom is 0.0537 e. The second kappa shape index (κ2) is 7.39. The predicted octanol–water partition coefficient (Wildman–Crippen LogP) is 4.92. The van der Waals surface area contributed by atoms with Crippen molar-refractivity contribution in [3.63, 3.8) is 0 Å². The first kappa shape index (κ1) is 20.9. The molecule has 8 atom stereocenters. The molecule has 160 valence electrons. The van der Waals surface area contributed by atoms with E-state index in [0.29, 0.717) is 23.3 Å². The van der Waals surface area contributed by atoms with Crippen molar-refractivity contribution in [1.82, 2.24) is 0 Å². The van der Waals surface area contributed by atoms with Crippen molar-refractivity contribution in [2.24, 2.45) is 40.1 Å². The van der Waals surface area contributed by atoms with Gasteiger partial charge in [0.2, 0.25) is 0 Å². The van der Waals surface area contributed by atoms with Crippen molar-refractivity contribution in [2.75, 3.05) is 0 Å². The van der Waals surface area contributed by atoms with Gasteiger partial charge in [-0.1, -0.05) is 38.8 Å². The van der Waals surface area contributed by atoms with Crippen LogP contribution in [0.3, 0.4) is 0 Å². The minimum atomic E-state index is -0.110. The summed E-state index contributed by atoms with van der Waals surface area (Å²) in [7, 11) is 0. The largest absolute Gasteiger partial charge is 0.393 e. The molecule has 0 aliphatic heterocycles. The predicted molar refractivity (Wildman–Crippen MR) is 117 cm³/mol. The monoisotopic (exact) mass is 388 g/mol. The molecule has 0 aromatic carbocycles. The number of rotatable bonds is 5. The molecule has 3 fully saturated rings. The smallest absolute Gasteiger partial charge is 0.0537 e. The van der Waals surface area contributed by atoms with E-state index in [1.54, 1.807) is 5.57 Å². The van der Waals surface area contributed by atoms with Gasteiger partial charge in [0.05, 0.1) is 6.10 Å². The number of fused-ring (bicyclic) bond motifs is 5. The molecule has 0 spiro atoms. The highest BCUT2D eigenvalue weighted by molar-refractivity contribution is 5.30. The maximum atomic E-state index is 9.95. The van der Waals surface area contributed by atoms with Crippen molar-refractivity contribution in [3.05, 3.63) is 11.6 Å². The average molecular weight is 389 g/mol. The number of hydrogen-bond acceptors (Lipinski definition) is 3. The van der Waals surface area contributed by atoms with Crippen molar-refractivity contribution in [3.8, 4) is 0 Å². The van der Waals surface area contributed by atoms with Gasteiger partial charge in [-0.3, -0.25) is 0 Å². The van der Waals surface area contributed by atoms with E-state index < -0.39 is 0 Å². The Morgan fingerprint density at radius 3 is 2.68 bits per heavy atom. The quantitative estimate of drug-likeness (QED) is 0.586. The van der Waals surface area contributed by atoms with E-state index >= 15 is 0 Å². The highest BCUT2D eigenvalue weighted by Gasteiger charge is 2.63. The van der Waals surface area contributed by atoms with Gasteiger partial charge in [0, 0.05) is 11.6 Å². The van der Waals surface area contributed by atoms with E-state index in [1.165, 1.54) is 44.9 Å². The second-order valence-electron chi connectivity index (χ2n) is 11.4. The number of nitrogens with two attached hydrogens (primary N) is 2. The summed E-state index contributed by atoms with van der Waals surface area (Å²) in [4.78, 5) is 0. The number of aliphatic hydroxyl groups excluding tert-OH is 1. The van der Waals surface area contributed by atoms with Gasteiger partial charge in [-0.15, -0.1) is 0 Å². The Balaban J connectivity index is 1.53. The lowest BCUT2D eigenvalue weighted by Gasteiger charge is -2.63. The molecule has 3 nitrogen and oxygen atoms in total. The van der Waals surface area contributed by atoms with E-state index in [9.17, 15) is 5.11 Å². The molecule has 0 bridgehead atoms. The summed E-state index contributed by atoms with van der Waals surface area (Å²) >= 11 is 0. The average Bonchev–Trinajstić information content (AvgIpc) is 3.00. The fraction of sp³-hybridized carbons (Fsp3) is 0.920. The molecule has 3 heteroatoms. The molecule has 0 amide bonds. The van der Waals surface area contributed by atoms with Gasteiger partial charge in [0.15, 0.2) is 0 Å². The van der Waals surface area contributed by atoms with Gasteiger partial charge < -0.3 is 16.6 Å². The minimum absolute atomic E-state index is 0.0234. The van der Waals surface area contributed by atoms with E-state index in [1.807, 2.05) is 0 Å². The molecule has 0 aromatic heterocycles. The summed E-state index contributed by atoms with van der Waals surface area (Å²) in [5, 5.41) is 9.95. The maximum absolute atomic E-state index is 9.95. The summed E-state index contributed by atoms with van der Waals surface area (Å²) in [6.07, 6.45) is 16.5. The molecule has 28 heavy (non-hydrogen) atoms. The second-order valence-corrected chi connectivity index (χ2v) is 11.4. The van der Waals surface area contributed by atoms with Crippen LogP contribution in [0.2, 0.25) is 0 Å². The Morgan fingerprint density at radius 2 is 1.93 bits per heavy atom. The fourth-order valence-corrected chi connectivity index (χ4v) is 8.29.